The number of carbonyl (C=O) groups is 3. The normalized spacial score (nSPS) is 12.7. The number of anilines is 2. The molecule has 3 aromatic rings. The number of pyridine rings is 1. The zero-order valence-corrected chi connectivity index (χ0v) is 15.8. The Hall–Kier alpha value is -4.00. The number of nitrogens with zero attached hydrogens (tertiary/aromatic N) is 2. The Labute approximate surface area is 166 Å². The average Bonchev–Trinajstić information content (AvgIpc) is 2.98. The Morgan fingerprint density at radius 1 is 1.00 bits per heavy atom. The van der Waals surface area contributed by atoms with Crippen LogP contribution in [0.25, 0.3) is 0 Å². The molecule has 0 saturated carbocycles. The van der Waals surface area contributed by atoms with E-state index in [4.69, 9.17) is 4.74 Å². The van der Waals surface area contributed by atoms with Crippen LogP contribution < -0.4 is 15.0 Å². The fourth-order valence-corrected chi connectivity index (χ4v) is 3.18. The predicted octanol–water partition coefficient (Wildman–Crippen LogP) is 3.45. The third-order valence-corrected chi connectivity index (χ3v) is 4.63. The maximum absolute atomic E-state index is 12.9. The number of carbonyl (C=O) groups excluding carboxylic acids is 3. The number of nitrogens with one attached hydrogen (secondary N) is 1. The van der Waals surface area contributed by atoms with E-state index < -0.39 is 17.7 Å². The van der Waals surface area contributed by atoms with Crippen LogP contribution in [-0.4, -0.2) is 29.8 Å². The van der Waals surface area contributed by atoms with Gasteiger partial charge in [0.1, 0.15) is 11.6 Å². The van der Waals surface area contributed by atoms with Gasteiger partial charge < -0.3 is 10.1 Å². The van der Waals surface area contributed by atoms with Crippen molar-refractivity contribution in [3.05, 3.63) is 83.0 Å². The molecule has 0 bridgehead atoms. The number of hydrogen-bond donors (Lipinski definition) is 1. The number of amides is 3. The quantitative estimate of drug-likeness (QED) is 0.693. The second-order valence-electron chi connectivity index (χ2n) is 6.55. The van der Waals surface area contributed by atoms with Crippen molar-refractivity contribution in [1.29, 1.82) is 0 Å². The molecule has 0 fully saturated rings. The van der Waals surface area contributed by atoms with E-state index in [2.05, 4.69) is 10.3 Å². The fraction of sp³-hybridized carbons (Fsp3) is 0.0909. The molecule has 0 unspecified atom stereocenters. The number of methoxy groups -OCH3 is 1. The van der Waals surface area contributed by atoms with Gasteiger partial charge in [-0.05, 0) is 55.0 Å². The van der Waals surface area contributed by atoms with Gasteiger partial charge >= 0.3 is 0 Å². The molecule has 2 heterocycles. The van der Waals surface area contributed by atoms with Crippen molar-refractivity contribution < 1.29 is 19.1 Å². The van der Waals surface area contributed by atoms with Crippen LogP contribution in [0.1, 0.15) is 36.6 Å². The number of imide groups is 1. The number of hydrogen-bond acceptors (Lipinski definition) is 5. The summed E-state index contributed by atoms with van der Waals surface area (Å²) in [6.07, 6.45) is 1.54. The first-order chi connectivity index (χ1) is 14.0. The minimum Gasteiger partial charge on any atom is -0.495 e. The molecule has 0 saturated heterocycles. The minimum atomic E-state index is -0.505. The SMILES string of the molecule is COc1ccccc1NC(=O)c1ccc2c(c1)C(=O)N(c1cc(C)ccn1)C2=O. The Bertz CT molecular complexity index is 1160. The van der Waals surface area contributed by atoms with Gasteiger partial charge in [-0.25, -0.2) is 9.88 Å². The number of aromatic nitrogens is 1. The maximum atomic E-state index is 12.9. The number of aryl methyl sites for hydroxylation is 1. The molecule has 1 aliphatic heterocycles. The molecular formula is C22H17N3O4. The lowest BCUT2D eigenvalue weighted by molar-refractivity contribution is 0.0924. The van der Waals surface area contributed by atoms with Crippen LogP contribution in [0.15, 0.2) is 60.8 Å². The third kappa shape index (κ3) is 3.23. The Balaban J connectivity index is 1.64. The van der Waals surface area contributed by atoms with Gasteiger partial charge in [0, 0.05) is 11.8 Å². The zero-order valence-electron chi connectivity index (χ0n) is 15.8. The Morgan fingerprint density at radius 2 is 1.76 bits per heavy atom. The van der Waals surface area contributed by atoms with Crippen molar-refractivity contribution in [3.63, 3.8) is 0 Å². The monoisotopic (exact) mass is 387 g/mol. The summed E-state index contributed by atoms with van der Waals surface area (Å²) in [5, 5.41) is 2.76. The summed E-state index contributed by atoms with van der Waals surface area (Å²) in [7, 11) is 1.51. The summed E-state index contributed by atoms with van der Waals surface area (Å²) in [6, 6.07) is 14.9. The summed E-state index contributed by atoms with van der Waals surface area (Å²) in [6.45, 7) is 1.85. The van der Waals surface area contributed by atoms with E-state index in [1.165, 1.54) is 25.3 Å². The number of benzene rings is 2. The van der Waals surface area contributed by atoms with Crippen molar-refractivity contribution in [2.24, 2.45) is 0 Å². The lowest BCUT2D eigenvalue weighted by Crippen LogP contribution is -2.30. The van der Waals surface area contributed by atoms with E-state index in [-0.39, 0.29) is 22.5 Å². The van der Waals surface area contributed by atoms with Crippen LogP contribution in [0.5, 0.6) is 5.75 Å². The number of rotatable bonds is 4. The van der Waals surface area contributed by atoms with Gasteiger partial charge in [-0.3, -0.25) is 14.4 Å². The van der Waals surface area contributed by atoms with Crippen LogP contribution in [0.3, 0.4) is 0 Å². The highest BCUT2D eigenvalue weighted by Gasteiger charge is 2.38. The standard InChI is InChI=1S/C22H17N3O4/c1-13-9-10-23-19(11-13)25-21(27)15-8-7-14(12-16(15)22(25)28)20(26)24-17-5-3-4-6-18(17)29-2/h3-12H,1-2H3,(H,24,26). The molecule has 0 spiro atoms. The van der Waals surface area contributed by atoms with Crippen LogP contribution in [-0.2, 0) is 0 Å². The summed E-state index contributed by atoms with van der Waals surface area (Å²) >= 11 is 0. The molecule has 144 valence electrons. The van der Waals surface area contributed by atoms with Crippen LogP contribution in [0.4, 0.5) is 11.5 Å². The first kappa shape index (κ1) is 18.4. The van der Waals surface area contributed by atoms with Gasteiger partial charge in [-0.1, -0.05) is 12.1 Å². The first-order valence-corrected chi connectivity index (χ1v) is 8.89. The molecule has 0 atom stereocenters. The fourth-order valence-electron chi connectivity index (χ4n) is 3.18. The summed E-state index contributed by atoms with van der Waals surface area (Å²) in [5.74, 6) is -0.597. The number of ether oxygens (including phenoxy) is 1. The van der Waals surface area contributed by atoms with E-state index in [1.807, 2.05) is 6.92 Å². The van der Waals surface area contributed by atoms with E-state index in [0.717, 1.165) is 10.5 Å². The van der Waals surface area contributed by atoms with Gasteiger partial charge in [-0.15, -0.1) is 0 Å². The lowest BCUT2D eigenvalue weighted by atomic mass is 10.1. The molecular weight excluding hydrogens is 370 g/mol. The summed E-state index contributed by atoms with van der Waals surface area (Å²) < 4.78 is 5.23. The molecule has 0 aliphatic carbocycles. The molecule has 0 radical (unpaired) electrons. The molecule has 29 heavy (non-hydrogen) atoms. The van der Waals surface area contributed by atoms with Crippen LogP contribution in [0.2, 0.25) is 0 Å². The van der Waals surface area contributed by atoms with E-state index in [1.54, 1.807) is 42.6 Å². The van der Waals surface area contributed by atoms with Crippen LogP contribution in [0, 0.1) is 6.92 Å². The minimum absolute atomic E-state index is 0.172. The molecule has 4 rings (SSSR count). The van der Waals surface area contributed by atoms with Gasteiger partial charge in [0.05, 0.1) is 23.9 Å². The topological polar surface area (TPSA) is 88.6 Å². The predicted molar refractivity (Wildman–Crippen MR) is 108 cm³/mol. The second-order valence-corrected chi connectivity index (χ2v) is 6.55. The van der Waals surface area contributed by atoms with Crippen molar-refractivity contribution >= 4 is 29.2 Å². The van der Waals surface area contributed by atoms with Crippen LogP contribution >= 0.6 is 0 Å². The largest absolute Gasteiger partial charge is 0.495 e. The van der Waals surface area contributed by atoms with Gasteiger partial charge in [0.2, 0.25) is 0 Å². The molecule has 1 aromatic heterocycles. The van der Waals surface area contributed by atoms with Crippen molar-refractivity contribution in [2.45, 2.75) is 6.92 Å². The van der Waals surface area contributed by atoms with Crippen molar-refractivity contribution in [3.8, 4) is 5.75 Å². The summed E-state index contributed by atoms with van der Waals surface area (Å²) in [5.41, 5.74) is 2.06. The Morgan fingerprint density at radius 3 is 2.52 bits per heavy atom. The second kappa shape index (κ2) is 7.20. The molecule has 7 nitrogen and oxygen atoms in total. The highest BCUT2D eigenvalue weighted by molar-refractivity contribution is 6.34. The lowest BCUT2D eigenvalue weighted by Gasteiger charge is -2.12. The van der Waals surface area contributed by atoms with Gasteiger partial charge in [0.15, 0.2) is 0 Å². The highest BCUT2D eigenvalue weighted by Crippen LogP contribution is 2.29. The van der Waals surface area contributed by atoms with Crippen molar-refractivity contribution in [2.75, 3.05) is 17.3 Å². The van der Waals surface area contributed by atoms with E-state index in [9.17, 15) is 14.4 Å². The van der Waals surface area contributed by atoms with Gasteiger partial charge in [0.25, 0.3) is 17.7 Å². The number of para-hydroxylation sites is 2. The zero-order chi connectivity index (χ0) is 20.5. The molecule has 3 amide bonds. The van der Waals surface area contributed by atoms with Crippen molar-refractivity contribution in [1.82, 2.24) is 4.98 Å². The third-order valence-electron chi connectivity index (χ3n) is 4.63. The average molecular weight is 387 g/mol. The molecule has 2 aromatic carbocycles. The smallest absolute Gasteiger partial charge is 0.267 e. The summed E-state index contributed by atoms with van der Waals surface area (Å²) in [4.78, 5) is 43.4. The molecule has 1 aliphatic rings. The highest BCUT2D eigenvalue weighted by atomic mass is 16.5. The molecule has 7 heteroatoms. The first-order valence-electron chi connectivity index (χ1n) is 8.89. The molecule has 1 N–H and O–H groups in total. The van der Waals surface area contributed by atoms with E-state index in [0.29, 0.717) is 11.4 Å². The van der Waals surface area contributed by atoms with Gasteiger partial charge in [-0.2, -0.15) is 0 Å². The van der Waals surface area contributed by atoms with E-state index >= 15 is 0 Å². The number of fused-ring (bicyclic) bond motifs is 1. The maximum Gasteiger partial charge on any atom is 0.267 e. The Kier molecular flexibility index (Phi) is 4.56.